The second kappa shape index (κ2) is 10.7. The van der Waals surface area contributed by atoms with Gasteiger partial charge in [0.1, 0.15) is 0 Å². The molecule has 160 valence electrons. The van der Waals surface area contributed by atoms with E-state index in [1.54, 1.807) is 12.1 Å². The van der Waals surface area contributed by atoms with Crippen LogP contribution in [0.25, 0.3) is 10.8 Å². The maximum Gasteiger partial charge on any atom is 0.274 e. The number of benzene rings is 1. The fraction of sp³-hybridized carbons (Fsp3) is 0.571. The molecule has 0 atom stereocenters. The van der Waals surface area contributed by atoms with E-state index in [1.807, 2.05) is 30.9 Å². The van der Waals surface area contributed by atoms with Crippen LogP contribution in [0.1, 0.15) is 43.6 Å². The summed E-state index contributed by atoms with van der Waals surface area (Å²) in [6.07, 6.45) is 2.64. The SMILES string of the molecule is CC(C)Cn1nc(C(=O)N2CCC(OCCCN)CC2)c2ccccc2c1=O.Cl. The van der Waals surface area contributed by atoms with Crippen LogP contribution < -0.4 is 11.3 Å². The van der Waals surface area contributed by atoms with Crippen LogP contribution in [0.4, 0.5) is 0 Å². The molecule has 1 aliphatic rings. The van der Waals surface area contributed by atoms with Crippen LogP contribution in [0.15, 0.2) is 29.1 Å². The lowest BCUT2D eigenvalue weighted by molar-refractivity contribution is 0.00828. The minimum Gasteiger partial charge on any atom is -0.378 e. The molecule has 0 aliphatic carbocycles. The lowest BCUT2D eigenvalue weighted by atomic mass is 10.1. The maximum absolute atomic E-state index is 13.2. The van der Waals surface area contributed by atoms with Crippen molar-refractivity contribution < 1.29 is 9.53 Å². The second-order valence-corrected chi connectivity index (χ2v) is 7.78. The second-order valence-electron chi connectivity index (χ2n) is 7.78. The summed E-state index contributed by atoms with van der Waals surface area (Å²) in [4.78, 5) is 27.8. The van der Waals surface area contributed by atoms with Gasteiger partial charge in [0.05, 0.1) is 11.5 Å². The predicted octanol–water partition coefficient (Wildman–Crippen LogP) is 2.44. The number of nitrogens with two attached hydrogens (primary N) is 1. The van der Waals surface area contributed by atoms with Crippen molar-refractivity contribution in [2.75, 3.05) is 26.2 Å². The minimum absolute atomic E-state index is 0. The molecule has 2 heterocycles. The van der Waals surface area contributed by atoms with Gasteiger partial charge >= 0.3 is 0 Å². The van der Waals surface area contributed by atoms with E-state index in [0.29, 0.717) is 49.3 Å². The molecule has 0 spiro atoms. The molecule has 1 aliphatic heterocycles. The number of hydrogen-bond donors (Lipinski definition) is 1. The third-order valence-corrected chi connectivity index (χ3v) is 5.04. The molecule has 29 heavy (non-hydrogen) atoms. The molecular weight excluding hydrogens is 392 g/mol. The highest BCUT2D eigenvalue weighted by Crippen LogP contribution is 2.20. The van der Waals surface area contributed by atoms with Crippen molar-refractivity contribution in [2.24, 2.45) is 11.7 Å². The Labute approximate surface area is 177 Å². The minimum atomic E-state index is -0.145. The van der Waals surface area contributed by atoms with E-state index >= 15 is 0 Å². The number of nitrogens with zero attached hydrogens (tertiary/aromatic N) is 3. The Morgan fingerprint density at radius 2 is 1.90 bits per heavy atom. The van der Waals surface area contributed by atoms with Gasteiger partial charge in [-0.15, -0.1) is 12.4 Å². The van der Waals surface area contributed by atoms with Crippen molar-refractivity contribution in [1.29, 1.82) is 0 Å². The van der Waals surface area contributed by atoms with Gasteiger partial charge in [-0.05, 0) is 37.8 Å². The zero-order chi connectivity index (χ0) is 20.1. The van der Waals surface area contributed by atoms with Crippen LogP contribution in [0, 0.1) is 5.92 Å². The number of hydrogen-bond acceptors (Lipinski definition) is 5. The average Bonchev–Trinajstić information content (AvgIpc) is 2.70. The smallest absolute Gasteiger partial charge is 0.274 e. The molecule has 0 saturated carbocycles. The third-order valence-electron chi connectivity index (χ3n) is 5.04. The summed E-state index contributed by atoms with van der Waals surface area (Å²) in [6, 6.07) is 7.23. The van der Waals surface area contributed by atoms with Gasteiger partial charge in [0, 0.05) is 31.6 Å². The lowest BCUT2D eigenvalue weighted by Crippen LogP contribution is -2.42. The van der Waals surface area contributed by atoms with Crippen LogP contribution in [0.2, 0.25) is 0 Å². The van der Waals surface area contributed by atoms with Crippen molar-refractivity contribution in [3.05, 3.63) is 40.3 Å². The largest absolute Gasteiger partial charge is 0.378 e. The predicted molar refractivity (Wildman–Crippen MR) is 117 cm³/mol. The number of fused-ring (bicyclic) bond motifs is 1. The van der Waals surface area contributed by atoms with Gasteiger partial charge in [-0.25, -0.2) is 4.68 Å². The van der Waals surface area contributed by atoms with Gasteiger partial charge in [0.25, 0.3) is 11.5 Å². The number of likely N-dealkylation sites (tertiary alicyclic amines) is 1. The summed E-state index contributed by atoms with van der Waals surface area (Å²) >= 11 is 0. The Morgan fingerprint density at radius 3 is 2.52 bits per heavy atom. The molecular formula is C21H31ClN4O3. The number of rotatable bonds is 7. The monoisotopic (exact) mass is 422 g/mol. The molecule has 1 aromatic heterocycles. The summed E-state index contributed by atoms with van der Waals surface area (Å²) in [5, 5.41) is 5.63. The first-order chi connectivity index (χ1) is 13.5. The highest BCUT2D eigenvalue weighted by Gasteiger charge is 2.27. The van der Waals surface area contributed by atoms with Crippen LogP contribution in [0.3, 0.4) is 0 Å². The van der Waals surface area contributed by atoms with Crippen LogP contribution in [-0.2, 0) is 11.3 Å². The summed E-state index contributed by atoms with van der Waals surface area (Å²) in [6.45, 7) is 7.10. The number of piperidine rings is 1. The normalized spacial score (nSPS) is 15.0. The molecule has 0 unspecified atom stereocenters. The Kier molecular flexibility index (Phi) is 8.61. The molecule has 3 rings (SSSR count). The van der Waals surface area contributed by atoms with Gasteiger partial charge in [-0.2, -0.15) is 5.10 Å². The quantitative estimate of drug-likeness (QED) is 0.692. The topological polar surface area (TPSA) is 90.4 Å². The zero-order valence-corrected chi connectivity index (χ0v) is 18.0. The average molecular weight is 423 g/mol. The number of ether oxygens (including phenoxy) is 1. The first kappa shape index (κ1) is 23.3. The molecule has 7 nitrogen and oxygen atoms in total. The van der Waals surface area contributed by atoms with Crippen molar-refractivity contribution >= 4 is 29.1 Å². The van der Waals surface area contributed by atoms with E-state index in [2.05, 4.69) is 5.10 Å². The Bertz CT molecular complexity index is 876. The summed E-state index contributed by atoms with van der Waals surface area (Å²) in [5.41, 5.74) is 5.72. The van der Waals surface area contributed by atoms with Gasteiger partial charge in [0.2, 0.25) is 0 Å². The number of halogens is 1. The lowest BCUT2D eigenvalue weighted by Gasteiger charge is -2.32. The van der Waals surface area contributed by atoms with Crippen molar-refractivity contribution in [2.45, 2.75) is 45.8 Å². The van der Waals surface area contributed by atoms with E-state index in [1.165, 1.54) is 4.68 Å². The Hall–Kier alpha value is -1.96. The molecule has 1 fully saturated rings. The fourth-order valence-electron chi connectivity index (χ4n) is 3.57. The van der Waals surface area contributed by atoms with Crippen LogP contribution in [-0.4, -0.2) is 52.9 Å². The first-order valence-electron chi connectivity index (χ1n) is 10.1. The van der Waals surface area contributed by atoms with E-state index < -0.39 is 0 Å². The van der Waals surface area contributed by atoms with Crippen LogP contribution >= 0.6 is 12.4 Å². The Morgan fingerprint density at radius 1 is 1.24 bits per heavy atom. The molecule has 2 aromatic rings. The summed E-state index contributed by atoms with van der Waals surface area (Å²) < 4.78 is 7.26. The number of amides is 1. The van der Waals surface area contributed by atoms with E-state index in [4.69, 9.17) is 10.5 Å². The third kappa shape index (κ3) is 5.56. The maximum atomic E-state index is 13.2. The zero-order valence-electron chi connectivity index (χ0n) is 17.2. The van der Waals surface area contributed by atoms with Crippen LogP contribution in [0.5, 0.6) is 0 Å². The van der Waals surface area contributed by atoms with Crippen molar-refractivity contribution in [1.82, 2.24) is 14.7 Å². The standard InChI is InChI=1S/C21H30N4O3.ClH/c1-15(2)14-25-20(26)18-7-4-3-6-17(18)19(23-25)21(27)24-11-8-16(9-12-24)28-13-5-10-22;/h3-4,6-7,15-16H,5,8-14,22H2,1-2H3;1H. The summed E-state index contributed by atoms with van der Waals surface area (Å²) in [5.74, 6) is 0.143. The van der Waals surface area contributed by atoms with E-state index in [0.717, 1.165) is 19.3 Å². The molecule has 0 radical (unpaired) electrons. The number of carbonyl (C=O) groups is 1. The molecule has 0 bridgehead atoms. The highest BCUT2D eigenvalue weighted by molar-refractivity contribution is 6.04. The number of aromatic nitrogens is 2. The van der Waals surface area contributed by atoms with E-state index in [9.17, 15) is 9.59 Å². The van der Waals surface area contributed by atoms with Gasteiger partial charge in [-0.1, -0.05) is 32.0 Å². The highest BCUT2D eigenvalue weighted by atomic mass is 35.5. The molecule has 1 amide bonds. The molecule has 1 saturated heterocycles. The summed E-state index contributed by atoms with van der Waals surface area (Å²) in [7, 11) is 0. The van der Waals surface area contributed by atoms with Crippen molar-refractivity contribution in [3.8, 4) is 0 Å². The van der Waals surface area contributed by atoms with Gasteiger partial charge < -0.3 is 15.4 Å². The van der Waals surface area contributed by atoms with Gasteiger partial charge in [-0.3, -0.25) is 9.59 Å². The number of carbonyl (C=O) groups excluding carboxylic acids is 1. The first-order valence-corrected chi connectivity index (χ1v) is 10.1. The van der Waals surface area contributed by atoms with Crippen molar-refractivity contribution in [3.63, 3.8) is 0 Å². The molecule has 2 N–H and O–H groups in total. The molecule has 8 heteroatoms. The molecule has 1 aromatic carbocycles. The Balaban J connectivity index is 0.00000300. The van der Waals surface area contributed by atoms with Gasteiger partial charge in [0.15, 0.2) is 5.69 Å². The van der Waals surface area contributed by atoms with E-state index in [-0.39, 0.29) is 35.9 Å². The fourth-order valence-corrected chi connectivity index (χ4v) is 3.57.